The molecule has 206 valence electrons. The van der Waals surface area contributed by atoms with Gasteiger partial charge in [-0.3, -0.25) is 19.1 Å². The first-order valence-corrected chi connectivity index (χ1v) is 12.6. The Balaban J connectivity index is 1.66. The number of carboxylic acid groups (broad SMARTS) is 1. The average Bonchev–Trinajstić information content (AvgIpc) is 3.77. The molecule has 2 fully saturated rings. The summed E-state index contributed by atoms with van der Waals surface area (Å²) in [6, 6.07) is 1.17. The van der Waals surface area contributed by atoms with Crippen molar-refractivity contribution in [2.75, 3.05) is 5.32 Å². The molecule has 1 heterocycles. The number of carboxylic acids is 1. The summed E-state index contributed by atoms with van der Waals surface area (Å²) in [4.78, 5) is 38.0. The molecular weight excluding hydrogens is 508 g/mol. The van der Waals surface area contributed by atoms with Crippen molar-refractivity contribution in [3.05, 3.63) is 47.0 Å². The van der Waals surface area contributed by atoms with Crippen molar-refractivity contribution >= 4 is 23.5 Å². The summed E-state index contributed by atoms with van der Waals surface area (Å²) >= 11 is 0. The zero-order chi connectivity index (χ0) is 27.9. The largest absolute Gasteiger partial charge is 0.481 e. The number of nitrogens with one attached hydrogen (secondary N) is 2. The van der Waals surface area contributed by atoms with E-state index in [2.05, 4.69) is 15.7 Å². The van der Waals surface area contributed by atoms with Gasteiger partial charge >= 0.3 is 12.1 Å². The zero-order valence-electron chi connectivity index (χ0n) is 21.2. The van der Waals surface area contributed by atoms with Crippen molar-refractivity contribution in [2.45, 2.75) is 70.6 Å². The minimum Gasteiger partial charge on any atom is -0.481 e. The Kier molecular flexibility index (Phi) is 7.53. The molecule has 2 atom stereocenters. The average molecular weight is 539 g/mol. The molecule has 38 heavy (non-hydrogen) atoms. The summed E-state index contributed by atoms with van der Waals surface area (Å²) in [6.07, 6.45) is -0.0903. The SMILES string of the molecule is CC(C(=O)O)c1cc(F)c(NC(=O)[C@@H](NC(=O)c2ccnn2C(C)C)C(C2CC2)C2CC2)cc1C(F)(F)F. The molecule has 4 rings (SSSR count). The van der Waals surface area contributed by atoms with Crippen LogP contribution in [0.3, 0.4) is 0 Å². The number of alkyl halides is 3. The molecule has 1 unspecified atom stereocenters. The molecule has 0 spiro atoms. The maximum Gasteiger partial charge on any atom is 0.416 e. The number of aromatic nitrogens is 2. The number of hydrogen-bond donors (Lipinski definition) is 3. The number of nitrogens with zero attached hydrogens (tertiary/aromatic N) is 2. The first-order valence-electron chi connectivity index (χ1n) is 12.6. The van der Waals surface area contributed by atoms with E-state index in [0.29, 0.717) is 12.1 Å². The molecule has 0 bridgehead atoms. The first-order chi connectivity index (χ1) is 17.8. The molecule has 2 saturated carbocycles. The van der Waals surface area contributed by atoms with Crippen LogP contribution in [0.4, 0.5) is 23.2 Å². The van der Waals surface area contributed by atoms with Crippen LogP contribution in [-0.4, -0.2) is 38.7 Å². The summed E-state index contributed by atoms with van der Waals surface area (Å²) in [5.74, 6) is -5.68. The van der Waals surface area contributed by atoms with Crippen LogP contribution >= 0.6 is 0 Å². The minimum atomic E-state index is -4.99. The Morgan fingerprint density at radius 2 is 1.68 bits per heavy atom. The van der Waals surface area contributed by atoms with Gasteiger partial charge in [0, 0.05) is 12.2 Å². The lowest BCUT2D eigenvalue weighted by Gasteiger charge is -2.28. The first kappa shape index (κ1) is 27.6. The molecule has 12 heteroatoms. The maximum absolute atomic E-state index is 15.0. The van der Waals surface area contributed by atoms with Gasteiger partial charge in [-0.15, -0.1) is 0 Å². The lowest BCUT2D eigenvalue weighted by molar-refractivity contribution is -0.141. The molecule has 0 radical (unpaired) electrons. The topological polar surface area (TPSA) is 113 Å². The van der Waals surface area contributed by atoms with Gasteiger partial charge in [0.25, 0.3) is 5.91 Å². The highest BCUT2D eigenvalue weighted by Gasteiger charge is 2.48. The lowest BCUT2D eigenvalue weighted by atomic mass is 9.88. The van der Waals surface area contributed by atoms with Crippen LogP contribution in [0.15, 0.2) is 24.4 Å². The van der Waals surface area contributed by atoms with E-state index in [9.17, 15) is 37.1 Å². The highest BCUT2D eigenvalue weighted by molar-refractivity contribution is 6.01. The van der Waals surface area contributed by atoms with Crippen LogP contribution in [0.25, 0.3) is 0 Å². The zero-order valence-corrected chi connectivity index (χ0v) is 21.2. The molecule has 8 nitrogen and oxygen atoms in total. The van der Waals surface area contributed by atoms with Gasteiger partial charge in [-0.2, -0.15) is 18.3 Å². The van der Waals surface area contributed by atoms with Crippen LogP contribution in [-0.2, 0) is 15.8 Å². The molecular formula is C26H30F4N4O4. The minimum absolute atomic E-state index is 0.137. The van der Waals surface area contributed by atoms with Crippen LogP contribution in [0.1, 0.15) is 80.0 Å². The molecule has 1 aromatic heterocycles. The van der Waals surface area contributed by atoms with Gasteiger partial charge in [0.15, 0.2) is 0 Å². The van der Waals surface area contributed by atoms with Gasteiger partial charge in [0.2, 0.25) is 5.91 Å². The van der Waals surface area contributed by atoms with E-state index in [0.717, 1.165) is 32.6 Å². The number of carbonyl (C=O) groups is 3. The van der Waals surface area contributed by atoms with Crippen molar-refractivity contribution < 1.29 is 37.1 Å². The summed E-state index contributed by atoms with van der Waals surface area (Å²) in [7, 11) is 0. The van der Waals surface area contributed by atoms with Crippen LogP contribution < -0.4 is 10.6 Å². The third-order valence-corrected chi connectivity index (χ3v) is 7.22. The van der Waals surface area contributed by atoms with Gasteiger partial charge in [0.1, 0.15) is 17.6 Å². The highest BCUT2D eigenvalue weighted by atomic mass is 19.4. The molecule has 2 aliphatic rings. The molecule has 0 saturated heterocycles. The number of anilines is 1. The number of aliphatic carboxylic acids is 1. The maximum atomic E-state index is 15.0. The molecule has 2 aliphatic carbocycles. The Morgan fingerprint density at radius 1 is 1.08 bits per heavy atom. The van der Waals surface area contributed by atoms with E-state index in [4.69, 9.17) is 0 Å². The number of halogens is 4. The Morgan fingerprint density at radius 3 is 2.18 bits per heavy atom. The molecule has 0 aliphatic heterocycles. The van der Waals surface area contributed by atoms with Crippen molar-refractivity contribution in [3.63, 3.8) is 0 Å². The van der Waals surface area contributed by atoms with E-state index < -0.39 is 58.6 Å². The second kappa shape index (κ2) is 10.4. The second-order valence-corrected chi connectivity index (χ2v) is 10.4. The van der Waals surface area contributed by atoms with Crippen molar-refractivity contribution in [1.29, 1.82) is 0 Å². The van der Waals surface area contributed by atoms with Crippen molar-refractivity contribution in [1.82, 2.24) is 15.1 Å². The third-order valence-electron chi connectivity index (χ3n) is 7.22. The Bertz CT molecular complexity index is 1220. The summed E-state index contributed by atoms with van der Waals surface area (Å²) < 4.78 is 57.8. The van der Waals surface area contributed by atoms with Gasteiger partial charge in [-0.1, -0.05) is 0 Å². The standard InChI is InChI=1S/C26H30F4N4O4/c1-12(2)34-20(8-9-31-34)23(35)33-22(21(14-4-5-14)15-6-7-15)24(36)32-19-11-17(26(28,29)30)16(10-18(19)27)13(3)25(37)38/h8-15,21-22H,4-7H2,1-3H3,(H,32,36)(H,33,35)(H,37,38)/t13?,22-/m0/s1. The number of benzene rings is 1. The van der Waals surface area contributed by atoms with Gasteiger partial charge < -0.3 is 15.7 Å². The van der Waals surface area contributed by atoms with Gasteiger partial charge in [-0.25, -0.2) is 4.39 Å². The number of rotatable bonds is 10. The van der Waals surface area contributed by atoms with Crippen molar-refractivity contribution in [2.24, 2.45) is 17.8 Å². The van der Waals surface area contributed by atoms with E-state index in [-0.39, 0.29) is 29.5 Å². The number of carbonyl (C=O) groups excluding carboxylic acids is 2. The fourth-order valence-electron chi connectivity index (χ4n) is 4.98. The van der Waals surface area contributed by atoms with E-state index in [1.807, 2.05) is 13.8 Å². The van der Waals surface area contributed by atoms with Gasteiger partial charge in [-0.05, 0) is 88.0 Å². The highest BCUT2D eigenvalue weighted by Crippen LogP contribution is 2.51. The Hall–Kier alpha value is -3.44. The molecule has 2 aromatic rings. The van der Waals surface area contributed by atoms with E-state index in [1.165, 1.54) is 16.9 Å². The number of amides is 2. The van der Waals surface area contributed by atoms with Crippen LogP contribution in [0.5, 0.6) is 0 Å². The fourth-order valence-corrected chi connectivity index (χ4v) is 4.98. The van der Waals surface area contributed by atoms with Gasteiger partial charge in [0.05, 0.1) is 17.2 Å². The smallest absolute Gasteiger partial charge is 0.416 e. The predicted molar refractivity (Wildman–Crippen MR) is 129 cm³/mol. The Labute approximate surface area is 216 Å². The fraction of sp³-hybridized carbons (Fsp3) is 0.538. The number of hydrogen-bond acceptors (Lipinski definition) is 4. The van der Waals surface area contributed by atoms with Crippen LogP contribution in [0, 0.1) is 23.6 Å². The normalized spacial score (nSPS) is 17.4. The lowest BCUT2D eigenvalue weighted by Crippen LogP contribution is -2.50. The second-order valence-electron chi connectivity index (χ2n) is 10.4. The van der Waals surface area contributed by atoms with Crippen molar-refractivity contribution in [3.8, 4) is 0 Å². The summed E-state index contributed by atoms with van der Waals surface area (Å²) in [6.45, 7) is 4.69. The monoisotopic (exact) mass is 538 g/mol. The third kappa shape index (κ3) is 5.83. The van der Waals surface area contributed by atoms with Crippen LogP contribution in [0.2, 0.25) is 0 Å². The molecule has 1 aromatic carbocycles. The summed E-state index contributed by atoms with van der Waals surface area (Å²) in [5, 5.41) is 18.3. The molecule has 3 N–H and O–H groups in total. The quantitative estimate of drug-likeness (QED) is 0.369. The van der Waals surface area contributed by atoms with E-state index >= 15 is 0 Å². The predicted octanol–water partition coefficient (Wildman–Crippen LogP) is 4.98. The van der Waals surface area contributed by atoms with E-state index in [1.54, 1.807) is 0 Å². The summed E-state index contributed by atoms with van der Waals surface area (Å²) in [5.41, 5.74) is -2.62. The molecule has 2 amide bonds.